The predicted octanol–water partition coefficient (Wildman–Crippen LogP) is 5.55. The maximum absolute atomic E-state index is 14.2. The first-order valence-corrected chi connectivity index (χ1v) is 8.92. The molecule has 0 amide bonds. The molecule has 2 aromatic carbocycles. The van der Waals surface area contributed by atoms with Gasteiger partial charge in [0.1, 0.15) is 11.6 Å². The van der Waals surface area contributed by atoms with Crippen molar-refractivity contribution < 1.29 is 13.6 Å². The predicted molar refractivity (Wildman–Crippen MR) is 97.2 cm³/mol. The summed E-state index contributed by atoms with van der Waals surface area (Å²) in [5, 5.41) is 1.09. The van der Waals surface area contributed by atoms with E-state index in [9.17, 15) is 4.39 Å². The third-order valence-corrected chi connectivity index (χ3v) is 5.70. The highest BCUT2D eigenvalue weighted by molar-refractivity contribution is 6.35. The van der Waals surface area contributed by atoms with E-state index in [1.165, 1.54) is 6.07 Å². The lowest BCUT2D eigenvalue weighted by molar-refractivity contribution is -0.946. The molecule has 2 aromatic rings. The van der Waals surface area contributed by atoms with Gasteiger partial charge in [-0.3, -0.25) is 4.48 Å². The number of halogens is 3. The minimum absolute atomic E-state index is 0.0199. The number of fused-ring (bicyclic) bond motifs is 1. The van der Waals surface area contributed by atoms with Crippen molar-refractivity contribution in [1.82, 2.24) is 0 Å². The average molecular weight is 369 g/mol. The van der Waals surface area contributed by atoms with Crippen molar-refractivity contribution in [2.45, 2.75) is 26.5 Å². The molecule has 1 aliphatic heterocycles. The Bertz CT molecular complexity index is 774. The van der Waals surface area contributed by atoms with E-state index >= 15 is 0 Å². The van der Waals surface area contributed by atoms with Crippen LogP contribution in [0.2, 0.25) is 10.0 Å². The molecule has 0 saturated heterocycles. The van der Waals surface area contributed by atoms with E-state index in [-0.39, 0.29) is 12.0 Å². The van der Waals surface area contributed by atoms with E-state index in [2.05, 4.69) is 20.9 Å². The summed E-state index contributed by atoms with van der Waals surface area (Å²) in [4.78, 5) is 0. The van der Waals surface area contributed by atoms with Gasteiger partial charge in [-0.2, -0.15) is 0 Å². The van der Waals surface area contributed by atoms with Crippen molar-refractivity contribution in [1.29, 1.82) is 0 Å². The van der Waals surface area contributed by atoms with Crippen LogP contribution < -0.4 is 4.74 Å². The number of hydrogen-bond acceptors (Lipinski definition) is 1. The molecule has 0 N–H and O–H groups in total. The maximum atomic E-state index is 14.2. The number of benzene rings is 2. The van der Waals surface area contributed by atoms with E-state index < -0.39 is 0 Å². The molecule has 128 valence electrons. The van der Waals surface area contributed by atoms with Crippen LogP contribution in [0.15, 0.2) is 30.3 Å². The van der Waals surface area contributed by atoms with Crippen LogP contribution >= 0.6 is 23.2 Å². The fourth-order valence-electron chi connectivity index (χ4n) is 3.19. The zero-order valence-corrected chi connectivity index (χ0v) is 15.6. The topological polar surface area (TPSA) is 9.23 Å². The maximum Gasteiger partial charge on any atom is 0.237 e. The third kappa shape index (κ3) is 3.01. The molecule has 1 unspecified atom stereocenters. The molecule has 2 nitrogen and oxygen atoms in total. The lowest BCUT2D eigenvalue weighted by atomic mass is 10.0. The molecular weight excluding hydrogens is 348 g/mol. The fourth-order valence-corrected chi connectivity index (χ4v) is 3.58. The summed E-state index contributed by atoms with van der Waals surface area (Å²) >= 11 is 12.4. The van der Waals surface area contributed by atoms with E-state index in [1.54, 1.807) is 24.3 Å². The van der Waals surface area contributed by atoms with Crippen LogP contribution in [0.5, 0.6) is 5.75 Å². The molecule has 0 aliphatic carbocycles. The van der Waals surface area contributed by atoms with Crippen LogP contribution in [0.3, 0.4) is 0 Å². The summed E-state index contributed by atoms with van der Waals surface area (Å²) in [6, 6.07) is 8.23. The second-order valence-corrected chi connectivity index (χ2v) is 7.30. The zero-order chi connectivity index (χ0) is 17.5. The summed E-state index contributed by atoms with van der Waals surface area (Å²) in [6.07, 6.45) is 0.671. The molecule has 1 atom stereocenters. The third-order valence-electron chi connectivity index (χ3n) is 5.14. The number of quaternary nitrogens is 1. The molecule has 1 aliphatic rings. The number of ether oxygens (including phenoxy) is 1. The van der Waals surface area contributed by atoms with Crippen molar-refractivity contribution >= 4 is 23.2 Å². The second kappa shape index (κ2) is 6.55. The van der Waals surface area contributed by atoms with Gasteiger partial charge in [-0.05, 0) is 44.2 Å². The van der Waals surface area contributed by atoms with Gasteiger partial charge in [-0.1, -0.05) is 23.2 Å². The SMILES string of the molecule is CC[N+](C)(CC)C1Cc2cc(F)cc(-c3cc(Cl)ccc3Cl)c2O1. The van der Waals surface area contributed by atoms with Gasteiger partial charge in [-0.15, -0.1) is 0 Å². The Morgan fingerprint density at radius 2 is 1.83 bits per heavy atom. The summed E-state index contributed by atoms with van der Waals surface area (Å²) < 4.78 is 21.3. The van der Waals surface area contributed by atoms with Crippen LogP contribution in [0.25, 0.3) is 11.1 Å². The zero-order valence-electron chi connectivity index (χ0n) is 14.1. The second-order valence-electron chi connectivity index (χ2n) is 6.45. The van der Waals surface area contributed by atoms with Crippen LogP contribution in [0.1, 0.15) is 19.4 Å². The first kappa shape index (κ1) is 17.5. The van der Waals surface area contributed by atoms with Crippen molar-refractivity contribution in [2.75, 3.05) is 20.1 Å². The summed E-state index contributed by atoms with van der Waals surface area (Å²) in [5.74, 6) is 0.433. The molecule has 3 rings (SSSR count). The quantitative estimate of drug-likeness (QED) is 0.643. The van der Waals surface area contributed by atoms with E-state index in [4.69, 9.17) is 27.9 Å². The molecule has 0 radical (unpaired) electrons. The number of hydrogen-bond donors (Lipinski definition) is 0. The van der Waals surface area contributed by atoms with Gasteiger partial charge in [0, 0.05) is 26.7 Å². The van der Waals surface area contributed by atoms with Gasteiger partial charge in [0.15, 0.2) is 0 Å². The number of nitrogens with zero attached hydrogens (tertiary/aromatic N) is 1. The van der Waals surface area contributed by atoms with Gasteiger partial charge in [0.05, 0.1) is 26.6 Å². The van der Waals surface area contributed by atoms with Crippen LogP contribution in [-0.2, 0) is 6.42 Å². The minimum Gasteiger partial charge on any atom is -0.441 e. The van der Waals surface area contributed by atoms with Gasteiger partial charge < -0.3 is 4.74 Å². The minimum atomic E-state index is -0.286. The average Bonchev–Trinajstić information content (AvgIpc) is 3.00. The Balaban J connectivity index is 2.09. The molecular formula is C19H21Cl2FNO+. The number of likely N-dealkylation sites (N-methyl/N-ethyl adjacent to an activating group) is 1. The lowest BCUT2D eigenvalue weighted by Gasteiger charge is -2.37. The smallest absolute Gasteiger partial charge is 0.237 e. The monoisotopic (exact) mass is 368 g/mol. The van der Waals surface area contributed by atoms with E-state index in [0.29, 0.717) is 27.6 Å². The summed E-state index contributed by atoms with van der Waals surface area (Å²) in [7, 11) is 2.17. The Hall–Kier alpha value is -1.29. The van der Waals surface area contributed by atoms with E-state index in [0.717, 1.165) is 28.9 Å². The molecule has 0 bridgehead atoms. The normalized spacial score (nSPS) is 16.8. The molecule has 0 saturated carbocycles. The van der Waals surface area contributed by atoms with E-state index in [1.807, 2.05) is 0 Å². The van der Waals surface area contributed by atoms with Crippen molar-refractivity contribution in [2.24, 2.45) is 0 Å². The Labute approximate surface area is 152 Å². The molecule has 24 heavy (non-hydrogen) atoms. The first-order chi connectivity index (χ1) is 11.4. The van der Waals surface area contributed by atoms with Crippen LogP contribution in [0, 0.1) is 5.82 Å². The summed E-state index contributed by atoms with van der Waals surface area (Å²) in [6.45, 7) is 6.19. The van der Waals surface area contributed by atoms with Crippen molar-refractivity contribution in [3.63, 3.8) is 0 Å². The highest BCUT2D eigenvalue weighted by atomic mass is 35.5. The Kier molecular flexibility index (Phi) is 4.78. The van der Waals surface area contributed by atoms with Crippen LogP contribution in [0.4, 0.5) is 4.39 Å². The lowest BCUT2D eigenvalue weighted by Crippen LogP contribution is -2.54. The van der Waals surface area contributed by atoms with Gasteiger partial charge in [-0.25, -0.2) is 4.39 Å². The molecule has 0 aromatic heterocycles. The Morgan fingerprint density at radius 1 is 1.12 bits per heavy atom. The summed E-state index contributed by atoms with van der Waals surface area (Å²) in [5.41, 5.74) is 2.25. The largest absolute Gasteiger partial charge is 0.441 e. The van der Waals surface area contributed by atoms with Crippen molar-refractivity contribution in [3.8, 4) is 16.9 Å². The molecule has 5 heteroatoms. The number of rotatable bonds is 4. The molecule has 0 spiro atoms. The highest BCUT2D eigenvalue weighted by Crippen LogP contribution is 2.44. The first-order valence-electron chi connectivity index (χ1n) is 8.16. The Morgan fingerprint density at radius 3 is 2.50 bits per heavy atom. The van der Waals surface area contributed by atoms with Gasteiger partial charge >= 0.3 is 0 Å². The highest BCUT2D eigenvalue weighted by Gasteiger charge is 2.38. The fraction of sp³-hybridized carbons (Fsp3) is 0.368. The van der Waals surface area contributed by atoms with Gasteiger partial charge in [0.25, 0.3) is 0 Å². The van der Waals surface area contributed by atoms with Crippen LogP contribution in [-0.4, -0.2) is 30.8 Å². The van der Waals surface area contributed by atoms with Gasteiger partial charge in [0.2, 0.25) is 6.23 Å². The molecule has 1 heterocycles. The standard InChI is InChI=1S/C19H21Cl2FNO/c1-4-23(3,5-2)18-9-12-8-14(22)11-16(19(12)24-18)15-10-13(20)6-7-17(15)21/h6-8,10-11,18H,4-5,9H2,1-3H3/q+1. The van der Waals surface area contributed by atoms with Crippen molar-refractivity contribution in [3.05, 3.63) is 51.8 Å². The molecule has 0 fully saturated rings.